The van der Waals surface area contributed by atoms with E-state index >= 15 is 0 Å². The van der Waals surface area contributed by atoms with Gasteiger partial charge in [-0.05, 0) is 76.9 Å². The fraction of sp³-hybridized carbons (Fsp3) is 0. The highest BCUT2D eigenvalue weighted by atomic mass is 14.9. The number of pyridine rings is 4. The zero-order valence-electron chi connectivity index (χ0n) is 24.5. The van der Waals surface area contributed by atoms with Crippen LogP contribution in [0.5, 0.6) is 0 Å². The Balaban J connectivity index is 1.01. The van der Waals surface area contributed by atoms with Crippen molar-refractivity contribution in [2.45, 2.75) is 0 Å². The second kappa shape index (κ2) is 10.6. The van der Waals surface area contributed by atoms with Crippen molar-refractivity contribution < 1.29 is 0 Å². The van der Waals surface area contributed by atoms with Crippen LogP contribution in [0.1, 0.15) is 0 Å². The van der Waals surface area contributed by atoms with Crippen molar-refractivity contribution in [3.63, 3.8) is 0 Å². The van der Waals surface area contributed by atoms with Crippen LogP contribution < -0.4 is 0 Å². The number of hydrogen-bond acceptors (Lipinski definition) is 6. The summed E-state index contributed by atoms with van der Waals surface area (Å²) in [4.78, 5) is 27.7. The van der Waals surface area contributed by atoms with E-state index in [0.29, 0.717) is 5.82 Å². The van der Waals surface area contributed by atoms with Crippen molar-refractivity contribution in [1.82, 2.24) is 29.9 Å². The molecular weight excluding hydrogens is 564 g/mol. The molecule has 0 atom stereocenters. The number of benzene rings is 4. The third-order valence-corrected chi connectivity index (χ3v) is 8.48. The fourth-order valence-corrected chi connectivity index (χ4v) is 6.15. The molecule has 0 saturated carbocycles. The zero-order valence-corrected chi connectivity index (χ0v) is 24.5. The summed E-state index contributed by atoms with van der Waals surface area (Å²) in [7, 11) is 0. The van der Waals surface area contributed by atoms with Gasteiger partial charge in [-0.1, -0.05) is 66.7 Å². The minimum absolute atomic E-state index is 0.625. The van der Waals surface area contributed by atoms with Gasteiger partial charge >= 0.3 is 0 Å². The summed E-state index contributed by atoms with van der Waals surface area (Å²) < 4.78 is 0. The Hall–Kier alpha value is -6.40. The monoisotopic (exact) mass is 588 g/mol. The van der Waals surface area contributed by atoms with Crippen LogP contribution >= 0.6 is 0 Å². The van der Waals surface area contributed by atoms with Crippen molar-refractivity contribution in [3.05, 3.63) is 146 Å². The summed E-state index contributed by atoms with van der Waals surface area (Å²) in [6, 6.07) is 41.8. The fourth-order valence-electron chi connectivity index (χ4n) is 6.15. The molecule has 0 N–H and O–H groups in total. The maximum Gasteiger partial charge on any atom is 0.178 e. The Morgan fingerprint density at radius 1 is 0.370 bits per heavy atom. The number of fused-ring (bicyclic) bond motifs is 5. The Bertz CT molecular complexity index is 2580. The smallest absolute Gasteiger partial charge is 0.178 e. The van der Waals surface area contributed by atoms with Crippen LogP contribution in [-0.4, -0.2) is 29.9 Å². The van der Waals surface area contributed by atoms with E-state index in [1.54, 1.807) is 18.5 Å². The second-order valence-electron chi connectivity index (χ2n) is 11.3. The van der Waals surface area contributed by atoms with E-state index in [1.165, 1.54) is 0 Å². The van der Waals surface area contributed by atoms with Crippen LogP contribution in [0.2, 0.25) is 0 Å². The Morgan fingerprint density at radius 3 is 1.74 bits per heavy atom. The molecule has 5 aromatic heterocycles. The molecule has 0 amide bonds. The normalized spacial score (nSPS) is 11.5. The summed E-state index contributed by atoms with van der Waals surface area (Å²) in [5.74, 6) is 0.625. The summed E-state index contributed by atoms with van der Waals surface area (Å²) in [6.07, 6.45) is 7.15. The van der Waals surface area contributed by atoms with Gasteiger partial charge in [0.1, 0.15) is 5.69 Å². The van der Waals surface area contributed by atoms with Gasteiger partial charge in [0.2, 0.25) is 0 Å². The van der Waals surface area contributed by atoms with Gasteiger partial charge in [-0.25, -0.2) is 19.9 Å². The standard InChI is InChI=1S/C40H24N6/c1-3-27-8-13-33-32(18-22-42-39(33)38(27)41-19-1)25-4-6-26(7-5-25)34-16-11-30-23-28(9-14-35(30)45-34)29-10-15-36-31(24-29)12-17-37(46-36)40-43-20-2-21-44-40/h1-24H. The van der Waals surface area contributed by atoms with E-state index in [9.17, 15) is 0 Å². The first-order valence-electron chi connectivity index (χ1n) is 15.1. The Labute approximate surface area is 264 Å². The van der Waals surface area contributed by atoms with Gasteiger partial charge in [0.05, 0.1) is 27.8 Å². The van der Waals surface area contributed by atoms with E-state index in [-0.39, 0.29) is 0 Å². The maximum atomic E-state index is 5.02. The van der Waals surface area contributed by atoms with Crippen LogP contribution in [0.4, 0.5) is 0 Å². The molecule has 0 aliphatic carbocycles. The molecule has 0 bridgehead atoms. The highest BCUT2D eigenvalue weighted by molar-refractivity contribution is 6.08. The van der Waals surface area contributed by atoms with E-state index in [1.807, 2.05) is 24.5 Å². The molecular formula is C40H24N6. The first-order chi connectivity index (χ1) is 22.8. The van der Waals surface area contributed by atoms with Crippen molar-refractivity contribution in [3.8, 4) is 45.0 Å². The van der Waals surface area contributed by atoms with E-state index < -0.39 is 0 Å². The highest BCUT2D eigenvalue weighted by Crippen LogP contribution is 2.33. The second-order valence-corrected chi connectivity index (χ2v) is 11.3. The van der Waals surface area contributed by atoms with Gasteiger partial charge in [0, 0.05) is 51.9 Å². The number of hydrogen-bond donors (Lipinski definition) is 0. The molecule has 6 heteroatoms. The van der Waals surface area contributed by atoms with Crippen LogP contribution in [-0.2, 0) is 0 Å². The Morgan fingerprint density at radius 2 is 0.978 bits per heavy atom. The summed E-state index contributed by atoms with van der Waals surface area (Å²) in [5.41, 5.74) is 11.0. The van der Waals surface area contributed by atoms with Gasteiger partial charge in [0.15, 0.2) is 5.82 Å². The topological polar surface area (TPSA) is 77.3 Å². The number of aromatic nitrogens is 6. The molecule has 9 aromatic rings. The average molecular weight is 589 g/mol. The lowest BCUT2D eigenvalue weighted by Gasteiger charge is -2.10. The van der Waals surface area contributed by atoms with Gasteiger partial charge in [-0.2, -0.15) is 0 Å². The maximum absolute atomic E-state index is 5.02. The zero-order chi connectivity index (χ0) is 30.5. The van der Waals surface area contributed by atoms with Crippen molar-refractivity contribution >= 4 is 43.6 Å². The molecule has 46 heavy (non-hydrogen) atoms. The van der Waals surface area contributed by atoms with Crippen LogP contribution in [0.3, 0.4) is 0 Å². The van der Waals surface area contributed by atoms with Crippen molar-refractivity contribution in [2.24, 2.45) is 0 Å². The highest BCUT2D eigenvalue weighted by Gasteiger charge is 2.11. The van der Waals surface area contributed by atoms with Crippen molar-refractivity contribution in [1.29, 1.82) is 0 Å². The molecule has 0 saturated heterocycles. The summed E-state index contributed by atoms with van der Waals surface area (Å²) >= 11 is 0. The third-order valence-electron chi connectivity index (χ3n) is 8.48. The first kappa shape index (κ1) is 26.0. The van der Waals surface area contributed by atoms with E-state index in [0.717, 1.165) is 82.8 Å². The molecule has 5 heterocycles. The number of nitrogens with zero attached hydrogens (tertiary/aromatic N) is 6. The van der Waals surface area contributed by atoms with E-state index in [2.05, 4.69) is 123 Å². The lowest BCUT2D eigenvalue weighted by molar-refractivity contribution is 1.15. The predicted molar refractivity (Wildman–Crippen MR) is 185 cm³/mol. The SMILES string of the molecule is c1cnc(-c2ccc3cc(-c4ccc5nc(-c6ccc(-c7ccnc8c7ccc7cccnc78)cc6)ccc5c4)ccc3n2)nc1. The largest absolute Gasteiger partial charge is 0.254 e. The van der Waals surface area contributed by atoms with Crippen LogP contribution in [0.25, 0.3) is 88.6 Å². The predicted octanol–water partition coefficient (Wildman–Crippen LogP) is 9.34. The molecule has 0 fully saturated rings. The van der Waals surface area contributed by atoms with Crippen LogP contribution in [0, 0.1) is 0 Å². The quantitative estimate of drug-likeness (QED) is 0.191. The lowest BCUT2D eigenvalue weighted by atomic mass is 9.98. The molecule has 0 unspecified atom stereocenters. The molecule has 4 aromatic carbocycles. The third kappa shape index (κ3) is 4.52. The molecule has 9 rings (SSSR count). The van der Waals surface area contributed by atoms with Gasteiger partial charge in [0.25, 0.3) is 0 Å². The summed E-state index contributed by atoms with van der Waals surface area (Å²) in [5, 5.41) is 4.35. The molecule has 6 nitrogen and oxygen atoms in total. The molecule has 214 valence electrons. The van der Waals surface area contributed by atoms with Crippen LogP contribution in [0.15, 0.2) is 146 Å². The lowest BCUT2D eigenvalue weighted by Crippen LogP contribution is -1.91. The molecule has 0 aliphatic heterocycles. The number of rotatable bonds is 4. The molecule has 0 radical (unpaired) electrons. The minimum Gasteiger partial charge on any atom is -0.254 e. The summed E-state index contributed by atoms with van der Waals surface area (Å²) in [6.45, 7) is 0. The molecule has 0 aliphatic rings. The van der Waals surface area contributed by atoms with Crippen molar-refractivity contribution in [2.75, 3.05) is 0 Å². The average Bonchev–Trinajstić information content (AvgIpc) is 3.14. The van der Waals surface area contributed by atoms with Gasteiger partial charge in [-0.3, -0.25) is 9.97 Å². The first-order valence-corrected chi connectivity index (χ1v) is 15.1. The van der Waals surface area contributed by atoms with Gasteiger partial charge < -0.3 is 0 Å². The Kier molecular flexibility index (Phi) is 6.03. The molecule has 0 spiro atoms. The van der Waals surface area contributed by atoms with Gasteiger partial charge in [-0.15, -0.1) is 0 Å². The minimum atomic E-state index is 0.625. The van der Waals surface area contributed by atoms with E-state index in [4.69, 9.17) is 9.97 Å².